The number of ether oxygens (including phenoxy) is 1. The second kappa shape index (κ2) is 5.00. The predicted octanol–water partition coefficient (Wildman–Crippen LogP) is 0.138. The topological polar surface area (TPSA) is 93.9 Å². The van der Waals surface area contributed by atoms with E-state index in [9.17, 15) is 4.79 Å². The summed E-state index contributed by atoms with van der Waals surface area (Å²) < 4.78 is 6.28. The molecule has 1 aromatic heterocycles. The van der Waals surface area contributed by atoms with E-state index in [1.807, 2.05) is 6.07 Å². The van der Waals surface area contributed by atoms with Gasteiger partial charge >= 0.3 is 6.01 Å². The summed E-state index contributed by atoms with van der Waals surface area (Å²) in [5.41, 5.74) is 5.14. The number of aromatic nitrogens is 2. The Kier molecular flexibility index (Phi) is 3.68. The lowest BCUT2D eigenvalue weighted by Gasteiger charge is -2.09. The molecular weight excluding hydrogens is 196 g/mol. The molecule has 0 atom stereocenters. The number of nitriles is 1. The van der Waals surface area contributed by atoms with Crippen LogP contribution in [0.15, 0.2) is 10.9 Å². The van der Waals surface area contributed by atoms with Gasteiger partial charge in [0.05, 0.1) is 13.2 Å². The number of rotatable bonds is 4. The lowest BCUT2D eigenvalue weighted by atomic mass is 10.3. The van der Waals surface area contributed by atoms with Crippen molar-refractivity contribution in [3.63, 3.8) is 0 Å². The minimum atomic E-state index is -0.266. The number of anilines is 1. The first kappa shape index (κ1) is 11.0. The third kappa shape index (κ3) is 2.71. The van der Waals surface area contributed by atoms with Crippen molar-refractivity contribution in [2.24, 2.45) is 0 Å². The summed E-state index contributed by atoms with van der Waals surface area (Å²) in [7, 11) is 1.42. The zero-order valence-electron chi connectivity index (χ0n) is 8.43. The highest BCUT2D eigenvalue weighted by Crippen LogP contribution is 2.06. The highest BCUT2D eigenvalue weighted by Gasteiger charge is 2.06. The fraction of sp³-hybridized carbons (Fsp3) is 0.444. The van der Waals surface area contributed by atoms with E-state index in [4.69, 9.17) is 15.7 Å². The summed E-state index contributed by atoms with van der Waals surface area (Å²) in [6.07, 6.45) is 0.971. The molecule has 1 aromatic rings. The molecule has 0 aliphatic heterocycles. The smallest absolute Gasteiger partial charge is 0.300 e. The van der Waals surface area contributed by atoms with Gasteiger partial charge in [0, 0.05) is 19.0 Å². The molecule has 0 unspecified atom stereocenters. The van der Waals surface area contributed by atoms with Gasteiger partial charge in [-0.2, -0.15) is 10.2 Å². The lowest BCUT2D eigenvalue weighted by molar-refractivity contribution is 0.344. The molecule has 0 radical (unpaired) electrons. The maximum absolute atomic E-state index is 11.5. The number of nitrogens with two attached hydrogens (primary N) is 1. The van der Waals surface area contributed by atoms with Crippen molar-refractivity contribution < 1.29 is 4.74 Å². The van der Waals surface area contributed by atoms with Crippen LogP contribution in [0.25, 0.3) is 0 Å². The van der Waals surface area contributed by atoms with Crippen LogP contribution in [0.1, 0.15) is 12.8 Å². The Hall–Kier alpha value is -2.03. The van der Waals surface area contributed by atoms with Crippen LogP contribution in [0.3, 0.4) is 0 Å². The van der Waals surface area contributed by atoms with Crippen molar-refractivity contribution in [2.75, 3.05) is 12.8 Å². The Morgan fingerprint density at radius 2 is 2.47 bits per heavy atom. The van der Waals surface area contributed by atoms with Gasteiger partial charge in [-0.3, -0.25) is 9.36 Å². The van der Waals surface area contributed by atoms with Crippen LogP contribution in [0.5, 0.6) is 6.01 Å². The molecule has 0 bridgehead atoms. The molecule has 1 rings (SSSR count). The lowest BCUT2D eigenvalue weighted by Crippen LogP contribution is -2.23. The van der Waals surface area contributed by atoms with E-state index in [1.54, 1.807) is 0 Å². The Morgan fingerprint density at radius 1 is 1.73 bits per heavy atom. The molecule has 0 saturated carbocycles. The fourth-order valence-corrected chi connectivity index (χ4v) is 1.18. The van der Waals surface area contributed by atoms with Crippen molar-refractivity contribution in [2.45, 2.75) is 19.4 Å². The van der Waals surface area contributed by atoms with Gasteiger partial charge in [-0.1, -0.05) is 0 Å². The standard InChI is InChI=1S/C9H12N4O2/c1-15-9-12-7(11)6-8(14)13(9)5-3-2-4-10/h6H,2-3,5,11H2,1H3. The van der Waals surface area contributed by atoms with Gasteiger partial charge < -0.3 is 10.5 Å². The number of nitrogens with zero attached hydrogens (tertiary/aromatic N) is 3. The van der Waals surface area contributed by atoms with Gasteiger partial charge in [-0.15, -0.1) is 0 Å². The number of nitrogen functional groups attached to an aromatic ring is 1. The summed E-state index contributed by atoms with van der Waals surface area (Å²) in [6.45, 7) is 0.406. The average molecular weight is 208 g/mol. The quantitative estimate of drug-likeness (QED) is 0.710. The van der Waals surface area contributed by atoms with Crippen molar-refractivity contribution in [1.29, 1.82) is 5.26 Å². The molecule has 0 aliphatic carbocycles. The van der Waals surface area contributed by atoms with Crippen molar-refractivity contribution >= 4 is 5.82 Å². The number of hydrogen-bond acceptors (Lipinski definition) is 5. The maximum Gasteiger partial charge on any atom is 0.300 e. The summed E-state index contributed by atoms with van der Waals surface area (Å²) in [6, 6.07) is 3.41. The van der Waals surface area contributed by atoms with Crippen LogP contribution in [0.4, 0.5) is 5.82 Å². The zero-order valence-corrected chi connectivity index (χ0v) is 8.43. The Bertz CT molecular complexity index is 433. The minimum absolute atomic E-state index is 0.133. The van der Waals surface area contributed by atoms with E-state index in [-0.39, 0.29) is 17.4 Å². The second-order valence-electron chi connectivity index (χ2n) is 2.92. The summed E-state index contributed by atoms with van der Waals surface area (Å²) in [5.74, 6) is 0.133. The van der Waals surface area contributed by atoms with Gasteiger partial charge in [-0.25, -0.2) is 0 Å². The maximum atomic E-state index is 11.5. The summed E-state index contributed by atoms with van der Waals surface area (Å²) in [4.78, 5) is 15.4. The zero-order chi connectivity index (χ0) is 11.3. The Balaban J connectivity index is 2.95. The van der Waals surface area contributed by atoms with E-state index in [1.165, 1.54) is 17.7 Å². The Labute approximate surface area is 86.9 Å². The molecule has 0 saturated heterocycles. The summed E-state index contributed by atoms with van der Waals surface area (Å²) in [5, 5.41) is 8.38. The molecule has 0 amide bonds. The van der Waals surface area contributed by atoms with E-state index < -0.39 is 0 Å². The normalized spacial score (nSPS) is 9.60. The molecule has 6 nitrogen and oxygen atoms in total. The Morgan fingerprint density at radius 3 is 3.07 bits per heavy atom. The highest BCUT2D eigenvalue weighted by atomic mass is 16.5. The average Bonchev–Trinajstić information content (AvgIpc) is 2.20. The SMILES string of the molecule is COc1nc(N)cc(=O)n1CCCC#N. The third-order valence-corrected chi connectivity index (χ3v) is 1.85. The molecule has 0 aromatic carbocycles. The number of methoxy groups -OCH3 is 1. The van der Waals surface area contributed by atoms with Gasteiger partial charge in [0.15, 0.2) is 0 Å². The van der Waals surface area contributed by atoms with Gasteiger partial charge in [0.25, 0.3) is 5.56 Å². The molecule has 0 aliphatic rings. The fourth-order valence-electron chi connectivity index (χ4n) is 1.18. The molecule has 15 heavy (non-hydrogen) atoms. The van der Waals surface area contributed by atoms with Gasteiger partial charge in [0.2, 0.25) is 0 Å². The van der Waals surface area contributed by atoms with E-state index >= 15 is 0 Å². The number of unbranched alkanes of at least 4 members (excludes halogenated alkanes) is 1. The first-order valence-electron chi connectivity index (χ1n) is 4.47. The molecule has 80 valence electrons. The molecular formula is C9H12N4O2. The van der Waals surface area contributed by atoms with E-state index in [0.717, 1.165) is 0 Å². The van der Waals surface area contributed by atoms with Crippen LogP contribution < -0.4 is 16.0 Å². The second-order valence-corrected chi connectivity index (χ2v) is 2.92. The van der Waals surface area contributed by atoms with Crippen LogP contribution >= 0.6 is 0 Å². The molecule has 0 fully saturated rings. The molecule has 6 heteroatoms. The predicted molar refractivity (Wildman–Crippen MR) is 54.3 cm³/mol. The summed E-state index contributed by atoms with van der Waals surface area (Å²) >= 11 is 0. The van der Waals surface area contributed by atoms with Gasteiger partial charge in [0.1, 0.15) is 5.82 Å². The van der Waals surface area contributed by atoms with Crippen LogP contribution in [-0.4, -0.2) is 16.7 Å². The van der Waals surface area contributed by atoms with Crippen LogP contribution in [0.2, 0.25) is 0 Å². The largest absolute Gasteiger partial charge is 0.468 e. The monoisotopic (exact) mass is 208 g/mol. The van der Waals surface area contributed by atoms with Crippen LogP contribution in [0, 0.1) is 11.3 Å². The first-order chi connectivity index (χ1) is 7.19. The van der Waals surface area contributed by atoms with Crippen molar-refractivity contribution in [1.82, 2.24) is 9.55 Å². The third-order valence-electron chi connectivity index (χ3n) is 1.85. The van der Waals surface area contributed by atoms with Gasteiger partial charge in [-0.05, 0) is 6.42 Å². The van der Waals surface area contributed by atoms with E-state index in [2.05, 4.69) is 4.98 Å². The molecule has 1 heterocycles. The first-order valence-corrected chi connectivity index (χ1v) is 4.47. The minimum Gasteiger partial charge on any atom is -0.468 e. The highest BCUT2D eigenvalue weighted by molar-refractivity contribution is 5.27. The van der Waals surface area contributed by atoms with Crippen LogP contribution in [-0.2, 0) is 6.54 Å². The number of hydrogen-bond donors (Lipinski definition) is 1. The van der Waals surface area contributed by atoms with Crippen molar-refractivity contribution in [3.05, 3.63) is 16.4 Å². The van der Waals surface area contributed by atoms with E-state index in [0.29, 0.717) is 19.4 Å². The molecule has 0 spiro atoms. The van der Waals surface area contributed by atoms with Crippen molar-refractivity contribution in [3.8, 4) is 12.1 Å². The molecule has 2 N–H and O–H groups in total.